The van der Waals surface area contributed by atoms with E-state index in [2.05, 4.69) is 20.8 Å². The van der Waals surface area contributed by atoms with Crippen LogP contribution in [0.4, 0.5) is 5.69 Å². The highest BCUT2D eigenvalue weighted by molar-refractivity contribution is 6.38. The summed E-state index contributed by atoms with van der Waals surface area (Å²) in [4.78, 5) is 15.5. The summed E-state index contributed by atoms with van der Waals surface area (Å²) < 4.78 is 0. The predicted molar refractivity (Wildman–Crippen MR) is 89.9 cm³/mol. The molecule has 22 heavy (non-hydrogen) atoms. The molecule has 0 bridgehead atoms. The molecule has 0 aliphatic heterocycles. The Morgan fingerprint density at radius 1 is 1.14 bits per heavy atom. The zero-order chi connectivity index (χ0) is 15.9. The van der Waals surface area contributed by atoms with E-state index >= 15 is 0 Å². The molecule has 0 saturated heterocycles. The van der Waals surface area contributed by atoms with E-state index in [0.717, 1.165) is 5.69 Å². The maximum Gasteiger partial charge on any atom is 0.259 e. The van der Waals surface area contributed by atoms with E-state index in [0.29, 0.717) is 20.6 Å². The van der Waals surface area contributed by atoms with Crippen molar-refractivity contribution in [3.63, 3.8) is 0 Å². The molecule has 0 saturated carbocycles. The Bertz CT molecular complexity index is 669. The van der Waals surface area contributed by atoms with Crippen LogP contribution in [0.1, 0.15) is 5.56 Å². The number of anilines is 1. The van der Waals surface area contributed by atoms with Gasteiger partial charge in [-0.25, -0.2) is 5.43 Å². The van der Waals surface area contributed by atoms with Crippen molar-refractivity contribution in [2.45, 2.75) is 0 Å². The highest BCUT2D eigenvalue weighted by atomic mass is 35.5. The van der Waals surface area contributed by atoms with Crippen LogP contribution in [0.25, 0.3) is 0 Å². The first kappa shape index (κ1) is 16.5. The highest BCUT2D eigenvalue weighted by Crippen LogP contribution is 2.20. The number of pyridine rings is 1. The molecule has 2 N–H and O–H groups in total. The highest BCUT2D eigenvalue weighted by Gasteiger charge is 2.04. The second-order valence-corrected chi connectivity index (χ2v) is 5.42. The normalized spacial score (nSPS) is 10.7. The number of rotatable bonds is 5. The first-order valence-corrected chi connectivity index (χ1v) is 7.30. The van der Waals surface area contributed by atoms with Gasteiger partial charge >= 0.3 is 0 Å². The molecular weight excluding hydrogens is 347 g/mol. The fraction of sp³-hybridized carbons (Fsp3) is 0.0714. The van der Waals surface area contributed by atoms with Crippen LogP contribution in [-0.2, 0) is 4.79 Å². The molecule has 0 radical (unpaired) electrons. The Balaban J connectivity index is 1.85. The van der Waals surface area contributed by atoms with Crippen LogP contribution in [0.5, 0.6) is 0 Å². The summed E-state index contributed by atoms with van der Waals surface area (Å²) in [6, 6.07) is 7.01. The number of hydrogen-bond acceptors (Lipinski definition) is 4. The number of amides is 1. The summed E-state index contributed by atoms with van der Waals surface area (Å²) in [5, 5.41) is 8.08. The first-order valence-electron chi connectivity index (χ1n) is 6.16. The van der Waals surface area contributed by atoms with Crippen LogP contribution < -0.4 is 10.7 Å². The van der Waals surface area contributed by atoms with Gasteiger partial charge in [-0.15, -0.1) is 0 Å². The fourth-order valence-corrected chi connectivity index (χ4v) is 2.09. The van der Waals surface area contributed by atoms with Gasteiger partial charge in [-0.2, -0.15) is 5.10 Å². The Labute approximate surface area is 142 Å². The molecule has 5 nitrogen and oxygen atoms in total. The fourth-order valence-electron chi connectivity index (χ4n) is 1.50. The number of aromatic nitrogens is 1. The van der Waals surface area contributed by atoms with Gasteiger partial charge in [0, 0.05) is 28.7 Å². The zero-order valence-corrected chi connectivity index (χ0v) is 13.5. The molecule has 0 aliphatic rings. The average Bonchev–Trinajstić information content (AvgIpc) is 2.50. The van der Waals surface area contributed by atoms with Crippen LogP contribution in [0.2, 0.25) is 15.1 Å². The molecule has 1 aromatic carbocycles. The van der Waals surface area contributed by atoms with Crippen molar-refractivity contribution >= 4 is 52.6 Å². The quantitative estimate of drug-likeness (QED) is 0.634. The lowest BCUT2D eigenvalue weighted by atomic mass is 10.3. The lowest BCUT2D eigenvalue weighted by molar-refractivity contribution is -0.119. The maximum atomic E-state index is 11.7. The standard InChI is InChI=1S/C14H11Cl3N4O/c15-9-1-3-10(4-2-9)19-8-14(22)21-20-5-11-12(16)6-18-7-13(11)17/h1-7,19H,8H2,(H,21,22). The molecule has 1 heterocycles. The van der Waals surface area contributed by atoms with Crippen molar-refractivity contribution in [2.75, 3.05) is 11.9 Å². The lowest BCUT2D eigenvalue weighted by Crippen LogP contribution is -2.25. The van der Waals surface area contributed by atoms with Crippen molar-refractivity contribution in [2.24, 2.45) is 5.10 Å². The molecule has 0 fully saturated rings. The largest absolute Gasteiger partial charge is 0.376 e. The Kier molecular flexibility index (Phi) is 6.00. The Hall–Kier alpha value is -1.82. The van der Waals surface area contributed by atoms with Gasteiger partial charge in [0.25, 0.3) is 5.91 Å². The van der Waals surface area contributed by atoms with Gasteiger partial charge in [0.2, 0.25) is 0 Å². The van der Waals surface area contributed by atoms with Crippen LogP contribution >= 0.6 is 34.8 Å². The number of benzene rings is 1. The summed E-state index contributed by atoms with van der Waals surface area (Å²) in [5.74, 6) is -0.312. The number of carbonyl (C=O) groups is 1. The maximum absolute atomic E-state index is 11.7. The van der Waals surface area contributed by atoms with Gasteiger partial charge in [-0.1, -0.05) is 34.8 Å². The summed E-state index contributed by atoms with van der Waals surface area (Å²) in [6.07, 6.45) is 4.25. The molecule has 0 aliphatic carbocycles. The van der Waals surface area contributed by atoms with Gasteiger partial charge in [0.15, 0.2) is 0 Å². The second kappa shape index (κ2) is 7.98. The SMILES string of the molecule is O=C(CNc1ccc(Cl)cc1)NN=Cc1c(Cl)cncc1Cl. The van der Waals surface area contributed by atoms with Crippen molar-refractivity contribution < 1.29 is 4.79 Å². The minimum atomic E-state index is -0.312. The average molecular weight is 358 g/mol. The van der Waals surface area contributed by atoms with E-state index < -0.39 is 0 Å². The van der Waals surface area contributed by atoms with Gasteiger partial charge in [-0.3, -0.25) is 9.78 Å². The number of nitrogens with zero attached hydrogens (tertiary/aromatic N) is 2. The van der Waals surface area contributed by atoms with Crippen LogP contribution in [0.3, 0.4) is 0 Å². The molecule has 1 aromatic heterocycles. The Morgan fingerprint density at radius 3 is 2.41 bits per heavy atom. The van der Waals surface area contributed by atoms with Crippen molar-refractivity contribution in [1.82, 2.24) is 10.4 Å². The number of carbonyl (C=O) groups excluding carboxylic acids is 1. The number of hydrazone groups is 1. The minimum absolute atomic E-state index is 0.0663. The van der Waals surface area contributed by atoms with Gasteiger partial charge < -0.3 is 5.32 Å². The molecular formula is C14H11Cl3N4O. The zero-order valence-electron chi connectivity index (χ0n) is 11.2. The Morgan fingerprint density at radius 2 is 1.77 bits per heavy atom. The van der Waals surface area contributed by atoms with E-state index in [4.69, 9.17) is 34.8 Å². The summed E-state index contributed by atoms with van der Waals surface area (Å²) in [5.41, 5.74) is 3.64. The number of halogens is 3. The van der Waals surface area contributed by atoms with Gasteiger partial charge in [0.1, 0.15) is 0 Å². The molecule has 114 valence electrons. The molecule has 8 heteroatoms. The summed E-state index contributed by atoms with van der Waals surface area (Å²) in [6.45, 7) is 0.0663. The molecule has 0 atom stereocenters. The summed E-state index contributed by atoms with van der Waals surface area (Å²) >= 11 is 17.6. The van der Waals surface area contributed by atoms with Crippen LogP contribution in [-0.4, -0.2) is 23.7 Å². The minimum Gasteiger partial charge on any atom is -0.376 e. The number of nitrogens with one attached hydrogen (secondary N) is 2. The molecule has 2 aromatic rings. The summed E-state index contributed by atoms with van der Waals surface area (Å²) in [7, 11) is 0. The van der Waals surface area contributed by atoms with E-state index in [9.17, 15) is 4.79 Å². The second-order valence-electron chi connectivity index (χ2n) is 4.17. The van der Waals surface area contributed by atoms with E-state index in [1.165, 1.54) is 18.6 Å². The monoisotopic (exact) mass is 356 g/mol. The van der Waals surface area contributed by atoms with Crippen molar-refractivity contribution in [3.8, 4) is 0 Å². The van der Waals surface area contributed by atoms with E-state index in [-0.39, 0.29) is 12.5 Å². The third kappa shape index (κ3) is 4.87. The van der Waals surface area contributed by atoms with Gasteiger partial charge in [-0.05, 0) is 24.3 Å². The first-order chi connectivity index (χ1) is 10.6. The third-order valence-corrected chi connectivity index (χ3v) is 3.42. The van der Waals surface area contributed by atoms with Gasteiger partial charge in [0.05, 0.1) is 22.8 Å². The van der Waals surface area contributed by atoms with E-state index in [1.807, 2.05) is 0 Å². The smallest absolute Gasteiger partial charge is 0.259 e. The predicted octanol–water partition coefficient (Wildman–Crippen LogP) is 3.60. The van der Waals surface area contributed by atoms with Crippen LogP contribution in [0.15, 0.2) is 41.8 Å². The third-order valence-electron chi connectivity index (χ3n) is 2.57. The topological polar surface area (TPSA) is 66.4 Å². The lowest BCUT2D eigenvalue weighted by Gasteiger charge is -2.05. The van der Waals surface area contributed by atoms with Crippen LogP contribution in [0, 0.1) is 0 Å². The number of hydrogen-bond donors (Lipinski definition) is 2. The molecule has 1 amide bonds. The molecule has 0 spiro atoms. The molecule has 2 rings (SSSR count). The van der Waals surface area contributed by atoms with Crippen molar-refractivity contribution in [1.29, 1.82) is 0 Å². The molecule has 0 unspecified atom stereocenters. The van der Waals surface area contributed by atoms with E-state index in [1.54, 1.807) is 24.3 Å². The van der Waals surface area contributed by atoms with Crippen molar-refractivity contribution in [3.05, 3.63) is 57.3 Å².